The Bertz CT molecular complexity index is 577. The van der Waals surface area contributed by atoms with Crippen LogP contribution in [0.4, 0.5) is 0 Å². The van der Waals surface area contributed by atoms with E-state index in [0.29, 0.717) is 17.4 Å². The van der Waals surface area contributed by atoms with Crippen molar-refractivity contribution in [1.29, 1.82) is 0 Å². The first-order valence-electron chi connectivity index (χ1n) is 9.94. The van der Waals surface area contributed by atoms with Gasteiger partial charge in [-0.15, -0.1) is 0 Å². The molecule has 0 radical (unpaired) electrons. The van der Waals surface area contributed by atoms with Crippen molar-refractivity contribution in [2.75, 3.05) is 32.8 Å². The molecule has 1 saturated carbocycles. The molecule has 0 N–H and O–H groups in total. The number of carbonyl (C=O) groups is 1. The standard InChI is InChI=1S/C21H30N2O2/c24-20-9-10-21(17-23(20)18-7-8-18)11-14-22(15-12-21)13-4-16-25-19-5-2-1-3-6-19/h1-3,5-6,18H,4,7-17H2. The first kappa shape index (κ1) is 16.9. The Balaban J connectivity index is 1.19. The first-order valence-corrected chi connectivity index (χ1v) is 9.94. The van der Waals surface area contributed by atoms with Crippen molar-refractivity contribution in [3.05, 3.63) is 30.3 Å². The van der Waals surface area contributed by atoms with Crippen molar-refractivity contribution in [2.45, 2.75) is 51.0 Å². The summed E-state index contributed by atoms with van der Waals surface area (Å²) in [5.74, 6) is 1.38. The summed E-state index contributed by atoms with van der Waals surface area (Å²) in [4.78, 5) is 17.0. The molecule has 4 nitrogen and oxygen atoms in total. The molecule has 3 aliphatic rings. The molecule has 1 aromatic carbocycles. The Morgan fingerprint density at radius 2 is 1.84 bits per heavy atom. The van der Waals surface area contributed by atoms with E-state index >= 15 is 0 Å². The lowest BCUT2D eigenvalue weighted by atomic mass is 9.72. The van der Waals surface area contributed by atoms with Crippen LogP contribution in [0.1, 0.15) is 44.9 Å². The second-order valence-electron chi connectivity index (χ2n) is 8.11. The van der Waals surface area contributed by atoms with Crippen LogP contribution in [0.2, 0.25) is 0 Å². The number of hydrogen-bond acceptors (Lipinski definition) is 3. The largest absolute Gasteiger partial charge is 0.494 e. The highest BCUT2D eigenvalue weighted by Gasteiger charge is 2.44. The SMILES string of the molecule is O=C1CCC2(CCN(CCCOc3ccccc3)CC2)CN1C1CC1. The van der Waals surface area contributed by atoms with Crippen LogP contribution in [-0.4, -0.2) is 54.5 Å². The highest BCUT2D eigenvalue weighted by Crippen LogP contribution is 2.43. The molecule has 25 heavy (non-hydrogen) atoms. The third-order valence-electron chi connectivity index (χ3n) is 6.23. The van der Waals surface area contributed by atoms with Gasteiger partial charge in [0.1, 0.15) is 5.75 Å². The fourth-order valence-corrected chi connectivity index (χ4v) is 4.42. The Kier molecular flexibility index (Phi) is 4.98. The van der Waals surface area contributed by atoms with Crippen LogP contribution in [0.25, 0.3) is 0 Å². The van der Waals surface area contributed by atoms with Crippen molar-refractivity contribution >= 4 is 5.91 Å². The summed E-state index contributed by atoms with van der Waals surface area (Å²) >= 11 is 0. The average molecular weight is 342 g/mol. The maximum atomic E-state index is 12.2. The van der Waals surface area contributed by atoms with E-state index in [1.54, 1.807) is 0 Å². The highest BCUT2D eigenvalue weighted by atomic mass is 16.5. The van der Waals surface area contributed by atoms with E-state index in [-0.39, 0.29) is 0 Å². The molecule has 0 atom stereocenters. The molecule has 1 spiro atoms. The summed E-state index contributed by atoms with van der Waals surface area (Å²) in [5.41, 5.74) is 0.410. The van der Waals surface area contributed by atoms with Gasteiger partial charge in [-0.25, -0.2) is 0 Å². The van der Waals surface area contributed by atoms with Gasteiger partial charge in [0, 0.05) is 25.6 Å². The van der Waals surface area contributed by atoms with Gasteiger partial charge in [-0.1, -0.05) is 18.2 Å². The minimum Gasteiger partial charge on any atom is -0.494 e. The molecule has 0 unspecified atom stereocenters. The second-order valence-corrected chi connectivity index (χ2v) is 8.11. The molecule has 4 heteroatoms. The van der Waals surface area contributed by atoms with E-state index in [1.807, 2.05) is 30.3 Å². The van der Waals surface area contributed by atoms with Crippen LogP contribution in [0.3, 0.4) is 0 Å². The van der Waals surface area contributed by atoms with E-state index in [4.69, 9.17) is 4.74 Å². The summed E-state index contributed by atoms with van der Waals surface area (Å²) in [5, 5.41) is 0. The first-order chi connectivity index (χ1) is 12.2. The van der Waals surface area contributed by atoms with E-state index in [0.717, 1.165) is 44.7 Å². The summed E-state index contributed by atoms with van der Waals surface area (Å²) in [6.07, 6.45) is 7.94. The fourth-order valence-electron chi connectivity index (χ4n) is 4.42. The number of ether oxygens (including phenoxy) is 1. The molecule has 3 fully saturated rings. The van der Waals surface area contributed by atoms with Crippen LogP contribution in [0, 0.1) is 5.41 Å². The van der Waals surface area contributed by atoms with Crippen molar-refractivity contribution in [2.24, 2.45) is 5.41 Å². The van der Waals surface area contributed by atoms with Gasteiger partial charge in [-0.05, 0) is 69.2 Å². The molecular formula is C21H30N2O2. The average Bonchev–Trinajstić information content (AvgIpc) is 3.49. The zero-order chi connectivity index (χ0) is 17.1. The van der Waals surface area contributed by atoms with Crippen LogP contribution >= 0.6 is 0 Å². The number of rotatable bonds is 6. The van der Waals surface area contributed by atoms with E-state index in [2.05, 4.69) is 9.80 Å². The smallest absolute Gasteiger partial charge is 0.222 e. The van der Waals surface area contributed by atoms with Gasteiger partial charge in [-0.3, -0.25) is 4.79 Å². The number of nitrogens with zero attached hydrogens (tertiary/aromatic N) is 2. The summed E-state index contributed by atoms with van der Waals surface area (Å²) in [6, 6.07) is 10.7. The molecule has 2 saturated heterocycles. The van der Waals surface area contributed by atoms with Crippen molar-refractivity contribution in [3.63, 3.8) is 0 Å². The van der Waals surface area contributed by atoms with Gasteiger partial charge < -0.3 is 14.5 Å². The minimum atomic E-state index is 0.410. The van der Waals surface area contributed by atoms with Gasteiger partial charge in [0.2, 0.25) is 5.91 Å². The molecule has 2 aliphatic heterocycles. The Labute approximate surface area is 151 Å². The molecule has 136 valence electrons. The van der Waals surface area contributed by atoms with Gasteiger partial charge in [0.05, 0.1) is 6.61 Å². The van der Waals surface area contributed by atoms with Crippen LogP contribution in [0.5, 0.6) is 5.75 Å². The van der Waals surface area contributed by atoms with Gasteiger partial charge in [0.15, 0.2) is 0 Å². The number of para-hydroxylation sites is 1. The number of likely N-dealkylation sites (tertiary alicyclic amines) is 2. The van der Waals surface area contributed by atoms with Gasteiger partial charge >= 0.3 is 0 Å². The molecule has 1 aromatic rings. The zero-order valence-electron chi connectivity index (χ0n) is 15.2. The number of hydrogen-bond donors (Lipinski definition) is 0. The van der Waals surface area contributed by atoms with Crippen LogP contribution in [-0.2, 0) is 4.79 Å². The van der Waals surface area contributed by atoms with Gasteiger partial charge in [-0.2, -0.15) is 0 Å². The number of benzene rings is 1. The maximum Gasteiger partial charge on any atom is 0.222 e. The predicted molar refractivity (Wildman–Crippen MR) is 98.6 cm³/mol. The molecule has 0 aromatic heterocycles. The molecule has 2 heterocycles. The second kappa shape index (κ2) is 7.36. The topological polar surface area (TPSA) is 32.8 Å². The third kappa shape index (κ3) is 4.17. The molecule has 4 rings (SSSR count). The maximum absolute atomic E-state index is 12.2. The number of amides is 1. The molecule has 1 amide bonds. The van der Waals surface area contributed by atoms with Crippen LogP contribution < -0.4 is 4.74 Å². The van der Waals surface area contributed by atoms with E-state index < -0.39 is 0 Å². The Hall–Kier alpha value is -1.55. The summed E-state index contributed by atoms with van der Waals surface area (Å²) < 4.78 is 5.80. The monoisotopic (exact) mass is 342 g/mol. The lowest BCUT2D eigenvalue weighted by molar-refractivity contribution is -0.139. The molecule has 0 bridgehead atoms. The van der Waals surface area contributed by atoms with E-state index in [1.165, 1.54) is 38.8 Å². The highest BCUT2D eigenvalue weighted by molar-refractivity contribution is 5.77. The predicted octanol–water partition coefficient (Wildman–Crippen LogP) is 3.32. The van der Waals surface area contributed by atoms with Crippen molar-refractivity contribution in [3.8, 4) is 5.75 Å². The molecular weight excluding hydrogens is 312 g/mol. The van der Waals surface area contributed by atoms with Crippen molar-refractivity contribution in [1.82, 2.24) is 9.80 Å². The normalized spacial score (nSPS) is 23.8. The van der Waals surface area contributed by atoms with E-state index in [9.17, 15) is 4.79 Å². The summed E-state index contributed by atoms with van der Waals surface area (Å²) in [7, 11) is 0. The lowest BCUT2D eigenvalue weighted by Gasteiger charge is -2.47. The lowest BCUT2D eigenvalue weighted by Crippen LogP contribution is -2.52. The fraction of sp³-hybridized carbons (Fsp3) is 0.667. The third-order valence-corrected chi connectivity index (χ3v) is 6.23. The Morgan fingerprint density at radius 1 is 1.08 bits per heavy atom. The number of carbonyl (C=O) groups excluding carboxylic acids is 1. The quantitative estimate of drug-likeness (QED) is 0.744. The van der Waals surface area contributed by atoms with Crippen LogP contribution in [0.15, 0.2) is 30.3 Å². The molecule has 1 aliphatic carbocycles. The minimum absolute atomic E-state index is 0.410. The zero-order valence-corrected chi connectivity index (χ0v) is 15.2. The van der Waals surface area contributed by atoms with Crippen molar-refractivity contribution < 1.29 is 9.53 Å². The number of piperidine rings is 2. The van der Waals surface area contributed by atoms with Gasteiger partial charge in [0.25, 0.3) is 0 Å². The Morgan fingerprint density at radius 3 is 2.56 bits per heavy atom. The summed E-state index contributed by atoms with van der Waals surface area (Å²) in [6.45, 7) is 5.29.